The first-order chi connectivity index (χ1) is 16.6. The summed E-state index contributed by atoms with van der Waals surface area (Å²) in [6.07, 6.45) is 0. The van der Waals surface area contributed by atoms with Crippen molar-refractivity contribution in [3.8, 4) is 17.0 Å². The highest BCUT2D eigenvalue weighted by molar-refractivity contribution is 8.15. The number of hydrogen-bond donors (Lipinski definition) is 2. The fourth-order valence-corrected chi connectivity index (χ4v) is 4.48. The minimum Gasteiger partial charge on any atom is -0.484 e. The fraction of sp³-hybridized carbons (Fsp3) is 0.0800. The molecule has 0 unspecified atom stereocenters. The van der Waals surface area contributed by atoms with Gasteiger partial charge in [0, 0.05) is 21.5 Å². The molecule has 0 radical (unpaired) electrons. The molecule has 5 rings (SSSR count). The molecule has 2 N–H and O–H groups in total. The summed E-state index contributed by atoms with van der Waals surface area (Å²) in [5.74, 6) is -0.0487. The zero-order valence-corrected chi connectivity index (χ0v) is 19.4. The van der Waals surface area contributed by atoms with E-state index in [1.807, 2.05) is 54.6 Å². The molecule has 1 aliphatic rings. The fourth-order valence-electron chi connectivity index (χ4n) is 3.54. The number of carbonyl (C=O) groups is 2. The Labute approximate surface area is 204 Å². The van der Waals surface area contributed by atoms with Crippen molar-refractivity contribution in [2.45, 2.75) is 0 Å². The number of para-hydroxylation sites is 1. The second kappa shape index (κ2) is 9.62. The molecule has 0 aliphatic carbocycles. The van der Waals surface area contributed by atoms with Gasteiger partial charge in [-0.05, 0) is 30.3 Å². The minimum absolute atomic E-state index is 0.181. The molecule has 2 amide bonds. The smallest absolute Gasteiger partial charge is 0.276 e. The van der Waals surface area contributed by atoms with Crippen molar-refractivity contribution in [2.75, 3.05) is 12.4 Å². The van der Waals surface area contributed by atoms with Crippen LogP contribution in [0.4, 0.5) is 5.69 Å². The van der Waals surface area contributed by atoms with Crippen LogP contribution in [0, 0.1) is 0 Å². The van der Waals surface area contributed by atoms with Crippen LogP contribution in [-0.2, 0) is 9.59 Å². The highest BCUT2D eigenvalue weighted by Crippen LogP contribution is 2.38. The molecule has 34 heavy (non-hydrogen) atoms. The van der Waals surface area contributed by atoms with Crippen molar-refractivity contribution in [3.05, 3.63) is 83.9 Å². The lowest BCUT2D eigenvalue weighted by molar-refractivity contribution is -0.135. The zero-order chi connectivity index (χ0) is 23.5. The molecular weight excluding hydrogens is 472 g/mol. The van der Waals surface area contributed by atoms with Crippen molar-refractivity contribution in [1.82, 2.24) is 15.4 Å². The van der Waals surface area contributed by atoms with Gasteiger partial charge >= 0.3 is 0 Å². The van der Waals surface area contributed by atoms with Gasteiger partial charge in [-0.3, -0.25) is 15.0 Å². The van der Waals surface area contributed by atoms with E-state index in [4.69, 9.17) is 21.3 Å². The number of nitrogens with zero attached hydrogens (tertiary/aromatic N) is 2. The number of fused-ring (bicyclic) bond motifs is 1. The second-order valence-corrected chi connectivity index (χ2v) is 8.83. The van der Waals surface area contributed by atoms with Gasteiger partial charge in [-0.25, -0.2) is 4.99 Å². The maximum atomic E-state index is 12.5. The van der Waals surface area contributed by atoms with Gasteiger partial charge in [0.2, 0.25) is 0 Å². The van der Waals surface area contributed by atoms with Gasteiger partial charge in [0.15, 0.2) is 11.8 Å². The Morgan fingerprint density at radius 2 is 1.79 bits per heavy atom. The number of amidine groups is 1. The SMILES string of the molecule is O=C(COc1ccc(Cl)cc1)NN1C(=O)CSC1=Nc1c(-c2ccccc2)[nH]c2ccccc12. The van der Waals surface area contributed by atoms with Crippen molar-refractivity contribution in [3.63, 3.8) is 0 Å². The maximum absolute atomic E-state index is 12.5. The standard InChI is InChI=1S/C25H19ClN4O3S/c26-17-10-12-18(13-11-17)33-14-21(31)29-30-22(32)15-34-25(30)28-24-19-8-4-5-9-20(19)27-23(24)16-6-2-1-3-7-16/h1-13,27H,14-15H2,(H,29,31). The first-order valence-electron chi connectivity index (χ1n) is 10.5. The van der Waals surface area contributed by atoms with E-state index in [1.165, 1.54) is 16.8 Å². The van der Waals surface area contributed by atoms with Crippen LogP contribution < -0.4 is 10.2 Å². The van der Waals surface area contributed by atoms with Gasteiger partial charge in [-0.1, -0.05) is 71.9 Å². The third-order valence-corrected chi connectivity index (χ3v) is 6.31. The van der Waals surface area contributed by atoms with Crippen molar-refractivity contribution in [1.29, 1.82) is 0 Å². The van der Waals surface area contributed by atoms with Gasteiger partial charge in [-0.2, -0.15) is 5.01 Å². The predicted octanol–water partition coefficient (Wildman–Crippen LogP) is 5.16. The van der Waals surface area contributed by atoms with Crippen LogP contribution in [0.1, 0.15) is 0 Å². The molecule has 2 heterocycles. The van der Waals surface area contributed by atoms with Gasteiger partial charge in [0.05, 0.1) is 17.1 Å². The van der Waals surface area contributed by atoms with Crippen LogP contribution in [0.25, 0.3) is 22.2 Å². The summed E-state index contributed by atoms with van der Waals surface area (Å²) in [7, 11) is 0. The predicted molar refractivity (Wildman–Crippen MR) is 135 cm³/mol. The van der Waals surface area contributed by atoms with Gasteiger partial charge in [0.1, 0.15) is 5.75 Å². The van der Waals surface area contributed by atoms with Crippen LogP contribution in [0.15, 0.2) is 83.9 Å². The first kappa shape index (κ1) is 22.1. The Balaban J connectivity index is 1.41. The quantitative estimate of drug-likeness (QED) is 0.391. The number of ether oxygens (including phenoxy) is 1. The van der Waals surface area contributed by atoms with Gasteiger partial charge in [-0.15, -0.1) is 0 Å². The van der Waals surface area contributed by atoms with E-state index in [0.29, 0.717) is 21.6 Å². The molecule has 4 aromatic rings. The number of hydrogen-bond acceptors (Lipinski definition) is 5. The first-order valence-corrected chi connectivity index (χ1v) is 11.8. The lowest BCUT2D eigenvalue weighted by Crippen LogP contribution is -2.47. The van der Waals surface area contributed by atoms with E-state index in [1.54, 1.807) is 24.3 Å². The number of aromatic nitrogens is 1. The summed E-state index contributed by atoms with van der Waals surface area (Å²) in [6, 6.07) is 24.4. The van der Waals surface area contributed by atoms with Gasteiger partial charge < -0.3 is 9.72 Å². The summed E-state index contributed by atoms with van der Waals surface area (Å²) < 4.78 is 5.48. The Hall–Kier alpha value is -3.75. The Kier molecular flexibility index (Phi) is 6.24. The molecule has 1 aliphatic heterocycles. The van der Waals surface area contributed by atoms with Crippen LogP contribution in [-0.4, -0.2) is 39.3 Å². The number of rotatable bonds is 6. The third kappa shape index (κ3) is 4.64. The average Bonchev–Trinajstić information content (AvgIpc) is 3.40. The monoisotopic (exact) mass is 490 g/mol. The number of halogens is 1. The molecule has 9 heteroatoms. The van der Waals surface area contributed by atoms with Gasteiger partial charge in [0.25, 0.3) is 11.8 Å². The highest BCUT2D eigenvalue weighted by Gasteiger charge is 2.31. The van der Waals surface area contributed by atoms with E-state index in [9.17, 15) is 9.59 Å². The number of benzene rings is 3. The number of carbonyl (C=O) groups excluding carboxylic acids is 2. The lowest BCUT2D eigenvalue weighted by Gasteiger charge is -2.17. The van der Waals surface area contributed by atoms with E-state index < -0.39 is 5.91 Å². The molecule has 1 aromatic heterocycles. The number of hydrazine groups is 1. The molecule has 1 saturated heterocycles. The van der Waals surface area contributed by atoms with E-state index >= 15 is 0 Å². The second-order valence-electron chi connectivity index (χ2n) is 7.45. The lowest BCUT2D eigenvalue weighted by atomic mass is 10.1. The normalized spacial score (nSPS) is 14.7. The van der Waals surface area contributed by atoms with Crippen LogP contribution in [0.2, 0.25) is 5.02 Å². The van der Waals surface area contributed by atoms with Crippen molar-refractivity contribution in [2.24, 2.45) is 4.99 Å². The molecular formula is C25H19ClN4O3S. The molecule has 0 bridgehead atoms. The van der Waals surface area contributed by atoms with E-state index in [0.717, 1.165) is 22.2 Å². The molecule has 1 fully saturated rings. The Bertz CT molecular complexity index is 1390. The topological polar surface area (TPSA) is 86.8 Å². The maximum Gasteiger partial charge on any atom is 0.276 e. The van der Waals surface area contributed by atoms with E-state index in [2.05, 4.69) is 10.4 Å². The zero-order valence-electron chi connectivity index (χ0n) is 17.8. The number of H-pyrrole nitrogens is 1. The van der Waals surface area contributed by atoms with Crippen LogP contribution >= 0.6 is 23.4 Å². The molecule has 7 nitrogen and oxygen atoms in total. The molecule has 3 aromatic carbocycles. The van der Waals surface area contributed by atoms with Crippen molar-refractivity contribution >= 4 is 56.9 Å². The Morgan fingerprint density at radius 3 is 2.59 bits per heavy atom. The summed E-state index contributed by atoms with van der Waals surface area (Å²) in [5, 5.41) is 3.08. The number of nitrogens with one attached hydrogen (secondary N) is 2. The molecule has 170 valence electrons. The minimum atomic E-state index is -0.472. The van der Waals surface area contributed by atoms with E-state index in [-0.39, 0.29) is 18.3 Å². The number of amides is 2. The number of aliphatic imine (C=N–C) groups is 1. The molecule has 0 atom stereocenters. The van der Waals surface area contributed by atoms with Crippen LogP contribution in [0.5, 0.6) is 5.75 Å². The number of aromatic amines is 1. The summed E-state index contributed by atoms with van der Waals surface area (Å²) in [4.78, 5) is 33.3. The Morgan fingerprint density at radius 1 is 1.06 bits per heavy atom. The summed E-state index contributed by atoms with van der Waals surface area (Å²) in [6.45, 7) is -0.258. The summed E-state index contributed by atoms with van der Waals surface area (Å²) >= 11 is 7.14. The third-order valence-electron chi connectivity index (χ3n) is 5.13. The molecule has 0 spiro atoms. The highest BCUT2D eigenvalue weighted by atomic mass is 35.5. The average molecular weight is 491 g/mol. The number of thioether (sulfide) groups is 1. The summed E-state index contributed by atoms with van der Waals surface area (Å²) in [5.41, 5.74) is 6.06. The van der Waals surface area contributed by atoms with Crippen molar-refractivity contribution < 1.29 is 14.3 Å². The van der Waals surface area contributed by atoms with Crippen LogP contribution in [0.3, 0.4) is 0 Å². The largest absolute Gasteiger partial charge is 0.484 e. The molecule has 0 saturated carbocycles.